The van der Waals surface area contributed by atoms with Crippen molar-refractivity contribution in [2.45, 2.75) is 38.3 Å². The second-order valence-corrected chi connectivity index (χ2v) is 10.2. The fraction of sp³-hybridized carbons (Fsp3) is 0.367. The van der Waals surface area contributed by atoms with Crippen LogP contribution in [-0.2, 0) is 4.79 Å². The third-order valence-corrected chi connectivity index (χ3v) is 7.45. The number of hydrogen-bond donors (Lipinski definition) is 2. The van der Waals surface area contributed by atoms with Gasteiger partial charge >= 0.3 is 0 Å². The maximum absolute atomic E-state index is 13.1. The van der Waals surface area contributed by atoms with E-state index in [2.05, 4.69) is 27.6 Å². The normalized spacial score (nSPS) is 18.0. The van der Waals surface area contributed by atoms with Crippen LogP contribution in [0.5, 0.6) is 5.75 Å². The van der Waals surface area contributed by atoms with E-state index in [1.54, 1.807) is 43.5 Å². The lowest BCUT2D eigenvalue weighted by atomic mass is 10.0. The Morgan fingerprint density at radius 2 is 1.85 bits per heavy atom. The number of piperidine rings is 1. The van der Waals surface area contributed by atoms with Crippen LogP contribution >= 0.6 is 0 Å². The number of methoxy groups -OCH3 is 1. The molecule has 2 N–H and O–H groups in total. The van der Waals surface area contributed by atoms with Gasteiger partial charge in [-0.2, -0.15) is 0 Å². The number of fused-ring (bicyclic) bond motifs is 1. The van der Waals surface area contributed by atoms with Crippen LogP contribution in [0.4, 0.5) is 17.3 Å². The first kappa shape index (κ1) is 27.3. The SMILES string of the molecule is CC[C@H]1N=C(c2ccccc2)c2nc(Nc3ccc(C(=O)NC4CCN(C)CC4)cc3OC)ncc2N(C)C1=O. The summed E-state index contributed by atoms with van der Waals surface area (Å²) < 4.78 is 5.61. The predicted molar refractivity (Wildman–Crippen MR) is 156 cm³/mol. The molecule has 0 saturated carbocycles. The molecule has 3 aromatic rings. The third-order valence-electron chi connectivity index (χ3n) is 7.45. The number of aliphatic imine (C=N–C) groups is 1. The molecule has 1 fully saturated rings. The summed E-state index contributed by atoms with van der Waals surface area (Å²) in [7, 11) is 5.38. The van der Waals surface area contributed by atoms with Crippen LogP contribution < -0.4 is 20.3 Å². The molecule has 10 nitrogen and oxygen atoms in total. The number of benzene rings is 2. The summed E-state index contributed by atoms with van der Waals surface area (Å²) in [6.45, 7) is 3.89. The Labute approximate surface area is 234 Å². The maximum Gasteiger partial charge on any atom is 0.251 e. The molecule has 0 spiro atoms. The van der Waals surface area contributed by atoms with Gasteiger partial charge in [-0.05, 0) is 57.6 Å². The summed E-state index contributed by atoms with van der Waals surface area (Å²) in [5, 5.41) is 6.37. The quantitative estimate of drug-likeness (QED) is 0.470. The van der Waals surface area contributed by atoms with Gasteiger partial charge in [-0.1, -0.05) is 37.3 Å². The van der Waals surface area contributed by atoms with E-state index < -0.39 is 6.04 Å². The van der Waals surface area contributed by atoms with Crippen LogP contribution in [0.2, 0.25) is 0 Å². The number of ether oxygens (including phenoxy) is 1. The van der Waals surface area contributed by atoms with E-state index in [1.807, 2.05) is 37.3 Å². The summed E-state index contributed by atoms with van der Waals surface area (Å²) in [6, 6.07) is 14.6. The van der Waals surface area contributed by atoms with Crippen LogP contribution in [0.15, 0.2) is 59.7 Å². The van der Waals surface area contributed by atoms with Crippen molar-refractivity contribution in [2.75, 3.05) is 44.5 Å². The lowest BCUT2D eigenvalue weighted by Crippen LogP contribution is -2.43. The molecule has 0 radical (unpaired) electrons. The predicted octanol–water partition coefficient (Wildman–Crippen LogP) is 3.65. The van der Waals surface area contributed by atoms with E-state index in [4.69, 9.17) is 14.7 Å². The number of likely N-dealkylation sites (tertiary alicyclic amines) is 1. The Bertz CT molecular complexity index is 1420. The van der Waals surface area contributed by atoms with Crippen molar-refractivity contribution in [3.63, 3.8) is 0 Å². The summed E-state index contributed by atoms with van der Waals surface area (Å²) in [4.78, 5) is 44.0. The minimum Gasteiger partial charge on any atom is -0.495 e. The molecule has 2 aliphatic rings. The molecule has 208 valence electrons. The molecule has 3 heterocycles. The molecular weight excluding hydrogens is 506 g/mol. The van der Waals surface area contributed by atoms with E-state index in [9.17, 15) is 9.59 Å². The van der Waals surface area contributed by atoms with E-state index in [1.165, 1.54) is 0 Å². The number of amides is 2. The second kappa shape index (κ2) is 11.8. The maximum atomic E-state index is 13.1. The number of aromatic nitrogens is 2. The summed E-state index contributed by atoms with van der Waals surface area (Å²) in [6.07, 6.45) is 4.07. The van der Waals surface area contributed by atoms with Crippen LogP contribution in [0.3, 0.4) is 0 Å². The van der Waals surface area contributed by atoms with Gasteiger partial charge in [0.2, 0.25) is 5.95 Å². The standard InChI is InChI=1S/C30H35N7O3/c1-5-22-29(39)37(3)24-18-31-30(35-27(24)26(33-22)19-9-7-6-8-10-19)34-23-12-11-20(17-25(23)40-4)28(38)32-21-13-15-36(2)16-14-21/h6-12,17-18,21-22H,5,13-16H2,1-4H3,(H,32,38)(H,31,34,35)/t22-/m1/s1. The third kappa shape index (κ3) is 5.67. The lowest BCUT2D eigenvalue weighted by Gasteiger charge is -2.29. The Balaban J connectivity index is 1.43. The zero-order valence-electron chi connectivity index (χ0n) is 23.3. The number of likely N-dealkylation sites (N-methyl/N-ethyl adjacent to an activating group) is 1. The first-order valence-corrected chi connectivity index (χ1v) is 13.6. The summed E-state index contributed by atoms with van der Waals surface area (Å²) in [5.41, 5.74) is 3.78. The van der Waals surface area contributed by atoms with Crippen molar-refractivity contribution < 1.29 is 14.3 Å². The average Bonchev–Trinajstić information content (AvgIpc) is 3.08. The van der Waals surface area contributed by atoms with Crippen molar-refractivity contribution in [1.29, 1.82) is 0 Å². The molecule has 1 aromatic heterocycles. The number of nitrogens with one attached hydrogen (secondary N) is 2. The van der Waals surface area contributed by atoms with Crippen LogP contribution in [-0.4, -0.2) is 78.8 Å². The highest BCUT2D eigenvalue weighted by molar-refractivity contribution is 6.19. The topological polar surface area (TPSA) is 112 Å². The van der Waals surface area contributed by atoms with Crippen LogP contribution in [0, 0.1) is 0 Å². The largest absolute Gasteiger partial charge is 0.495 e. The van der Waals surface area contributed by atoms with Gasteiger partial charge < -0.3 is 25.2 Å². The van der Waals surface area contributed by atoms with E-state index in [0.717, 1.165) is 31.5 Å². The van der Waals surface area contributed by atoms with Gasteiger partial charge in [0.05, 0.1) is 30.4 Å². The number of hydrogen-bond acceptors (Lipinski definition) is 8. The molecule has 0 aliphatic carbocycles. The van der Waals surface area contributed by atoms with Crippen LogP contribution in [0.25, 0.3) is 0 Å². The molecule has 2 aromatic carbocycles. The minimum absolute atomic E-state index is 0.102. The van der Waals surface area contributed by atoms with E-state index >= 15 is 0 Å². The molecule has 40 heavy (non-hydrogen) atoms. The number of anilines is 3. The van der Waals surface area contributed by atoms with Crippen molar-refractivity contribution in [2.24, 2.45) is 4.99 Å². The van der Waals surface area contributed by atoms with Gasteiger partial charge in [-0.25, -0.2) is 9.97 Å². The van der Waals surface area contributed by atoms with Crippen molar-refractivity contribution in [1.82, 2.24) is 20.2 Å². The van der Waals surface area contributed by atoms with Crippen molar-refractivity contribution in [3.05, 3.63) is 71.5 Å². The monoisotopic (exact) mass is 541 g/mol. The highest BCUT2D eigenvalue weighted by Gasteiger charge is 2.30. The second-order valence-electron chi connectivity index (χ2n) is 10.2. The van der Waals surface area contributed by atoms with Crippen LogP contribution in [0.1, 0.15) is 47.8 Å². The Hall–Kier alpha value is -4.31. The van der Waals surface area contributed by atoms with Gasteiger partial charge in [-0.3, -0.25) is 14.6 Å². The molecule has 2 aliphatic heterocycles. The van der Waals surface area contributed by atoms with E-state index in [0.29, 0.717) is 46.5 Å². The fourth-order valence-electron chi connectivity index (χ4n) is 5.02. The van der Waals surface area contributed by atoms with E-state index in [-0.39, 0.29) is 17.9 Å². The minimum atomic E-state index is -0.515. The first-order valence-electron chi connectivity index (χ1n) is 13.6. The molecular formula is C30H35N7O3. The number of rotatable bonds is 7. The molecule has 10 heteroatoms. The number of carbonyl (C=O) groups excluding carboxylic acids is 2. The van der Waals surface area contributed by atoms with Crippen molar-refractivity contribution >= 4 is 34.8 Å². The molecule has 5 rings (SSSR count). The van der Waals surface area contributed by atoms with Gasteiger partial charge in [0.15, 0.2) is 0 Å². The Kier molecular flexibility index (Phi) is 8.06. The summed E-state index contributed by atoms with van der Waals surface area (Å²) in [5.74, 6) is 0.585. The molecule has 2 amide bonds. The van der Waals surface area contributed by atoms with Gasteiger partial charge in [0, 0.05) is 24.2 Å². The smallest absolute Gasteiger partial charge is 0.251 e. The van der Waals surface area contributed by atoms with Crippen molar-refractivity contribution in [3.8, 4) is 5.75 Å². The first-order chi connectivity index (χ1) is 19.4. The lowest BCUT2D eigenvalue weighted by molar-refractivity contribution is -0.119. The molecule has 1 saturated heterocycles. The highest BCUT2D eigenvalue weighted by Crippen LogP contribution is 2.31. The Morgan fingerprint density at radius 1 is 1.10 bits per heavy atom. The summed E-state index contributed by atoms with van der Waals surface area (Å²) >= 11 is 0. The zero-order valence-corrected chi connectivity index (χ0v) is 23.3. The number of nitrogens with zero attached hydrogens (tertiary/aromatic N) is 5. The Morgan fingerprint density at radius 3 is 2.55 bits per heavy atom. The molecule has 1 atom stereocenters. The number of carbonyl (C=O) groups is 2. The fourth-order valence-corrected chi connectivity index (χ4v) is 5.02. The van der Waals surface area contributed by atoms with Gasteiger partial charge in [0.25, 0.3) is 11.8 Å². The van der Waals surface area contributed by atoms with Gasteiger partial charge in [0.1, 0.15) is 17.5 Å². The van der Waals surface area contributed by atoms with Gasteiger partial charge in [-0.15, -0.1) is 0 Å². The average molecular weight is 542 g/mol. The highest BCUT2D eigenvalue weighted by atomic mass is 16.5. The zero-order chi connectivity index (χ0) is 28.2. The molecule has 0 bridgehead atoms. The molecule has 0 unspecified atom stereocenters.